The Hall–Kier alpha value is -3.41. The molecule has 0 aromatic heterocycles. The van der Waals surface area contributed by atoms with E-state index in [0.29, 0.717) is 17.1 Å². The van der Waals surface area contributed by atoms with Gasteiger partial charge in [-0.2, -0.15) is 0 Å². The summed E-state index contributed by atoms with van der Waals surface area (Å²) in [5.74, 6) is 0.0150. The molecule has 0 unspecified atom stereocenters. The van der Waals surface area contributed by atoms with Gasteiger partial charge in [0.15, 0.2) is 0 Å². The molecule has 25 heavy (non-hydrogen) atoms. The summed E-state index contributed by atoms with van der Waals surface area (Å²) in [5, 5.41) is 0. The summed E-state index contributed by atoms with van der Waals surface area (Å²) in [4.78, 5) is 38.1. The number of hydrogen-bond acceptors (Lipinski definition) is 4. The maximum Gasteiger partial charge on any atom is 0.333 e. The highest BCUT2D eigenvalue weighted by molar-refractivity contribution is 6.30. The molecule has 6 nitrogen and oxygen atoms in total. The molecule has 2 aromatic rings. The number of ether oxygens (including phenoxy) is 1. The third-order valence-electron chi connectivity index (χ3n) is 3.79. The van der Waals surface area contributed by atoms with Gasteiger partial charge in [-0.25, -0.2) is 4.79 Å². The van der Waals surface area contributed by atoms with E-state index in [0.717, 1.165) is 9.80 Å². The van der Waals surface area contributed by atoms with E-state index in [1.807, 2.05) is 30.3 Å². The van der Waals surface area contributed by atoms with Crippen LogP contribution in [0.4, 0.5) is 4.79 Å². The fourth-order valence-electron chi connectivity index (χ4n) is 2.43. The number of rotatable bonds is 3. The summed E-state index contributed by atoms with van der Waals surface area (Å²) in [7, 11) is 2.69. The standard InChI is InChI=1S/C19H16N2O4/c1-20-17(22)16(18(23)21(2)19(20)24)12-13-7-6-10-15(11-13)25-14-8-4-3-5-9-14/h3-12H,1-2H3. The second-order valence-corrected chi connectivity index (χ2v) is 5.56. The fourth-order valence-corrected chi connectivity index (χ4v) is 2.43. The van der Waals surface area contributed by atoms with Gasteiger partial charge in [-0.3, -0.25) is 19.4 Å². The lowest BCUT2D eigenvalue weighted by Gasteiger charge is -2.28. The van der Waals surface area contributed by atoms with E-state index in [4.69, 9.17) is 4.74 Å². The molecule has 6 heteroatoms. The molecule has 4 amide bonds. The number of para-hydroxylation sites is 1. The first-order chi connectivity index (χ1) is 12.0. The highest BCUT2D eigenvalue weighted by Gasteiger charge is 2.37. The Bertz CT molecular complexity index is 848. The monoisotopic (exact) mass is 336 g/mol. The van der Waals surface area contributed by atoms with E-state index in [2.05, 4.69) is 0 Å². The zero-order valence-electron chi connectivity index (χ0n) is 13.8. The number of nitrogens with zero attached hydrogens (tertiary/aromatic N) is 2. The van der Waals surface area contributed by atoms with Gasteiger partial charge < -0.3 is 4.74 Å². The Balaban J connectivity index is 1.90. The first-order valence-corrected chi connectivity index (χ1v) is 7.62. The van der Waals surface area contributed by atoms with Gasteiger partial charge in [0.1, 0.15) is 17.1 Å². The van der Waals surface area contributed by atoms with Crippen LogP contribution in [-0.2, 0) is 9.59 Å². The molecule has 0 radical (unpaired) electrons. The van der Waals surface area contributed by atoms with Gasteiger partial charge in [-0.15, -0.1) is 0 Å². The lowest BCUT2D eigenvalue weighted by Crippen LogP contribution is -2.52. The largest absolute Gasteiger partial charge is 0.457 e. The first kappa shape index (κ1) is 16.4. The van der Waals surface area contributed by atoms with Crippen molar-refractivity contribution in [3.8, 4) is 11.5 Å². The molecule has 0 atom stereocenters. The molecule has 126 valence electrons. The Morgan fingerprint density at radius 2 is 1.40 bits per heavy atom. The van der Waals surface area contributed by atoms with E-state index >= 15 is 0 Å². The van der Waals surface area contributed by atoms with Crippen LogP contribution >= 0.6 is 0 Å². The van der Waals surface area contributed by atoms with Crippen LogP contribution in [0.25, 0.3) is 6.08 Å². The third kappa shape index (κ3) is 3.28. The number of likely N-dealkylation sites (N-methyl/N-ethyl adjacent to an activating group) is 2. The Morgan fingerprint density at radius 3 is 2.04 bits per heavy atom. The number of carbonyl (C=O) groups excluding carboxylic acids is 3. The van der Waals surface area contributed by atoms with E-state index in [1.165, 1.54) is 20.2 Å². The summed E-state index contributed by atoms with van der Waals surface area (Å²) >= 11 is 0. The van der Waals surface area contributed by atoms with Gasteiger partial charge in [0.2, 0.25) is 0 Å². The normalized spacial score (nSPS) is 14.8. The average molecular weight is 336 g/mol. The molecular formula is C19H16N2O4. The van der Waals surface area contributed by atoms with Crippen LogP contribution in [0.1, 0.15) is 5.56 Å². The zero-order chi connectivity index (χ0) is 18.0. The molecule has 0 spiro atoms. The molecular weight excluding hydrogens is 320 g/mol. The molecule has 1 saturated heterocycles. The van der Waals surface area contributed by atoms with Crippen LogP contribution in [0.3, 0.4) is 0 Å². The van der Waals surface area contributed by atoms with Crippen LogP contribution in [0.15, 0.2) is 60.2 Å². The molecule has 1 fully saturated rings. The van der Waals surface area contributed by atoms with Crippen LogP contribution in [0.2, 0.25) is 0 Å². The van der Waals surface area contributed by atoms with Crippen molar-refractivity contribution in [1.29, 1.82) is 0 Å². The van der Waals surface area contributed by atoms with Crippen LogP contribution in [0.5, 0.6) is 11.5 Å². The second-order valence-electron chi connectivity index (χ2n) is 5.56. The second kappa shape index (κ2) is 6.60. The molecule has 2 aromatic carbocycles. The topological polar surface area (TPSA) is 66.9 Å². The number of hydrogen-bond donors (Lipinski definition) is 0. The average Bonchev–Trinajstić information content (AvgIpc) is 2.63. The van der Waals surface area contributed by atoms with Crippen molar-refractivity contribution in [3.63, 3.8) is 0 Å². The van der Waals surface area contributed by atoms with Gasteiger partial charge in [-0.05, 0) is 35.9 Å². The third-order valence-corrected chi connectivity index (χ3v) is 3.79. The number of amides is 4. The Labute approximate surface area is 144 Å². The minimum atomic E-state index is -0.645. The summed E-state index contributed by atoms with van der Waals surface area (Å²) in [5.41, 5.74) is 0.558. The predicted octanol–water partition coefficient (Wildman–Crippen LogP) is 2.91. The molecule has 0 N–H and O–H groups in total. The van der Waals surface area contributed by atoms with E-state index < -0.39 is 17.8 Å². The van der Waals surface area contributed by atoms with Crippen LogP contribution in [-0.4, -0.2) is 41.7 Å². The molecule has 1 aliphatic rings. The van der Waals surface area contributed by atoms with Crippen molar-refractivity contribution >= 4 is 23.9 Å². The molecule has 0 saturated carbocycles. The van der Waals surface area contributed by atoms with Gasteiger partial charge in [0, 0.05) is 14.1 Å². The maximum absolute atomic E-state index is 12.2. The number of carbonyl (C=O) groups is 3. The predicted molar refractivity (Wildman–Crippen MR) is 91.9 cm³/mol. The smallest absolute Gasteiger partial charge is 0.333 e. The van der Waals surface area contributed by atoms with E-state index in [1.54, 1.807) is 24.3 Å². The molecule has 0 aliphatic carbocycles. The summed E-state index contributed by atoms with van der Waals surface area (Å²) in [6.07, 6.45) is 1.46. The lowest BCUT2D eigenvalue weighted by atomic mass is 10.1. The van der Waals surface area contributed by atoms with Crippen molar-refractivity contribution < 1.29 is 19.1 Å². The SMILES string of the molecule is CN1C(=O)C(=Cc2cccc(Oc3ccccc3)c2)C(=O)N(C)C1=O. The van der Waals surface area contributed by atoms with Crippen molar-refractivity contribution in [2.45, 2.75) is 0 Å². The molecule has 1 aliphatic heterocycles. The number of urea groups is 1. The summed E-state index contributed by atoms with van der Waals surface area (Å²) < 4.78 is 5.75. The highest BCUT2D eigenvalue weighted by Crippen LogP contribution is 2.24. The molecule has 3 rings (SSSR count). The minimum Gasteiger partial charge on any atom is -0.457 e. The minimum absolute atomic E-state index is 0.0681. The fraction of sp³-hybridized carbons (Fsp3) is 0.105. The van der Waals surface area contributed by atoms with Crippen LogP contribution < -0.4 is 4.74 Å². The zero-order valence-corrected chi connectivity index (χ0v) is 13.8. The van der Waals surface area contributed by atoms with Gasteiger partial charge in [0.25, 0.3) is 11.8 Å². The lowest BCUT2D eigenvalue weighted by molar-refractivity contribution is -0.134. The Morgan fingerprint density at radius 1 is 0.800 bits per heavy atom. The molecule has 0 bridgehead atoms. The van der Waals surface area contributed by atoms with Crippen molar-refractivity contribution in [2.75, 3.05) is 14.1 Å². The quantitative estimate of drug-likeness (QED) is 0.638. The van der Waals surface area contributed by atoms with E-state index in [-0.39, 0.29) is 5.57 Å². The number of imide groups is 2. The Kier molecular flexibility index (Phi) is 4.35. The van der Waals surface area contributed by atoms with Gasteiger partial charge >= 0.3 is 6.03 Å². The first-order valence-electron chi connectivity index (χ1n) is 7.62. The number of benzene rings is 2. The molecule has 1 heterocycles. The van der Waals surface area contributed by atoms with Crippen LogP contribution in [0, 0.1) is 0 Å². The van der Waals surface area contributed by atoms with Crippen molar-refractivity contribution in [3.05, 3.63) is 65.7 Å². The van der Waals surface area contributed by atoms with Crippen molar-refractivity contribution in [2.24, 2.45) is 0 Å². The van der Waals surface area contributed by atoms with Crippen molar-refractivity contribution in [1.82, 2.24) is 9.80 Å². The van der Waals surface area contributed by atoms with E-state index in [9.17, 15) is 14.4 Å². The highest BCUT2D eigenvalue weighted by atomic mass is 16.5. The number of barbiturate groups is 1. The van der Waals surface area contributed by atoms with Gasteiger partial charge in [-0.1, -0.05) is 30.3 Å². The summed E-state index contributed by atoms with van der Waals surface area (Å²) in [6, 6.07) is 15.6. The summed E-state index contributed by atoms with van der Waals surface area (Å²) in [6.45, 7) is 0. The van der Waals surface area contributed by atoms with Gasteiger partial charge in [0.05, 0.1) is 0 Å². The maximum atomic E-state index is 12.2.